The van der Waals surface area contributed by atoms with Crippen LogP contribution in [-0.2, 0) is 10.0 Å². The quantitative estimate of drug-likeness (QED) is 0.263. The van der Waals surface area contributed by atoms with Crippen molar-refractivity contribution in [3.63, 3.8) is 0 Å². The number of para-hydroxylation sites is 1. The number of sulfonamides is 1. The molecular formula is C31H25NO3S. The minimum atomic E-state index is -3.94. The summed E-state index contributed by atoms with van der Waals surface area (Å²) >= 11 is 0. The van der Waals surface area contributed by atoms with Crippen molar-refractivity contribution in [1.29, 1.82) is 0 Å². The maximum atomic E-state index is 14.3. The summed E-state index contributed by atoms with van der Waals surface area (Å²) < 4.78 is 36.6. The van der Waals surface area contributed by atoms with Gasteiger partial charge in [-0.2, -0.15) is 0 Å². The van der Waals surface area contributed by atoms with Crippen molar-refractivity contribution in [3.05, 3.63) is 137 Å². The monoisotopic (exact) mass is 491 g/mol. The van der Waals surface area contributed by atoms with Crippen LogP contribution in [0.3, 0.4) is 0 Å². The van der Waals surface area contributed by atoms with Crippen LogP contribution in [0.5, 0.6) is 0 Å². The molecule has 1 unspecified atom stereocenters. The van der Waals surface area contributed by atoms with Crippen molar-refractivity contribution in [2.45, 2.75) is 24.8 Å². The topological polar surface area (TPSA) is 50.5 Å². The molecule has 1 aliphatic heterocycles. The molecule has 0 fully saturated rings. The molecule has 2 heterocycles. The fourth-order valence-electron chi connectivity index (χ4n) is 4.89. The average Bonchev–Trinajstić information content (AvgIpc) is 3.28. The lowest BCUT2D eigenvalue weighted by molar-refractivity contribution is 0.576. The second-order valence-electron chi connectivity index (χ2n) is 9.20. The Kier molecular flexibility index (Phi) is 5.31. The molecule has 36 heavy (non-hydrogen) atoms. The van der Waals surface area contributed by atoms with Gasteiger partial charge in [0, 0.05) is 11.0 Å². The number of hydrogen-bond acceptors (Lipinski definition) is 3. The van der Waals surface area contributed by atoms with Crippen LogP contribution in [-0.4, -0.2) is 8.42 Å². The minimum absolute atomic E-state index is 0.248. The Morgan fingerprint density at radius 2 is 1.47 bits per heavy atom. The van der Waals surface area contributed by atoms with E-state index in [4.69, 9.17) is 4.42 Å². The van der Waals surface area contributed by atoms with E-state index >= 15 is 0 Å². The highest BCUT2D eigenvalue weighted by Gasteiger charge is 2.40. The third-order valence-corrected chi connectivity index (χ3v) is 8.45. The largest absolute Gasteiger partial charge is 0.454 e. The number of anilines is 1. The molecule has 1 aliphatic rings. The zero-order chi connectivity index (χ0) is 24.9. The maximum Gasteiger partial charge on any atom is 0.265 e. The van der Waals surface area contributed by atoms with Gasteiger partial charge in [-0.15, -0.1) is 0 Å². The molecule has 0 amide bonds. The van der Waals surface area contributed by atoms with Gasteiger partial charge in [0.2, 0.25) is 0 Å². The van der Waals surface area contributed by atoms with E-state index in [2.05, 4.69) is 19.1 Å². The normalized spacial score (nSPS) is 15.6. The average molecular weight is 492 g/mol. The predicted molar refractivity (Wildman–Crippen MR) is 144 cm³/mol. The molecule has 6 rings (SSSR count). The van der Waals surface area contributed by atoms with Crippen LogP contribution in [0.1, 0.15) is 34.1 Å². The number of aryl methyl sites for hydroxylation is 2. The lowest BCUT2D eigenvalue weighted by Gasteiger charge is -2.35. The molecule has 0 radical (unpaired) electrons. The van der Waals surface area contributed by atoms with Gasteiger partial charge in [-0.05, 0) is 55.3 Å². The first-order chi connectivity index (χ1) is 17.4. The second kappa shape index (κ2) is 8.54. The maximum absolute atomic E-state index is 14.3. The Balaban J connectivity index is 1.69. The molecule has 0 saturated heterocycles. The third-order valence-electron chi connectivity index (χ3n) is 6.66. The van der Waals surface area contributed by atoms with E-state index in [0.717, 1.165) is 33.2 Å². The molecule has 0 spiro atoms. The first-order valence-corrected chi connectivity index (χ1v) is 13.3. The van der Waals surface area contributed by atoms with Gasteiger partial charge in [0.05, 0.1) is 10.9 Å². The minimum Gasteiger partial charge on any atom is -0.454 e. The highest BCUT2D eigenvalue weighted by atomic mass is 32.2. The van der Waals surface area contributed by atoms with Gasteiger partial charge in [-0.3, -0.25) is 4.31 Å². The van der Waals surface area contributed by atoms with E-state index < -0.39 is 16.1 Å². The highest BCUT2D eigenvalue weighted by molar-refractivity contribution is 7.92. The zero-order valence-electron chi connectivity index (χ0n) is 20.0. The summed E-state index contributed by atoms with van der Waals surface area (Å²) in [7, 11) is -3.94. The van der Waals surface area contributed by atoms with Gasteiger partial charge in [-0.25, -0.2) is 8.42 Å². The molecule has 0 aliphatic carbocycles. The molecule has 178 valence electrons. The highest BCUT2D eigenvalue weighted by Crippen LogP contribution is 2.50. The Labute approximate surface area is 211 Å². The smallest absolute Gasteiger partial charge is 0.265 e. The molecular weight excluding hydrogens is 466 g/mol. The van der Waals surface area contributed by atoms with Gasteiger partial charge in [0.15, 0.2) is 5.76 Å². The van der Waals surface area contributed by atoms with Gasteiger partial charge < -0.3 is 4.42 Å². The number of nitrogens with zero attached hydrogens (tertiary/aromatic N) is 1. The van der Waals surface area contributed by atoms with Crippen LogP contribution in [0.15, 0.2) is 119 Å². The van der Waals surface area contributed by atoms with Crippen molar-refractivity contribution in [3.8, 4) is 0 Å². The van der Waals surface area contributed by atoms with Crippen molar-refractivity contribution in [1.82, 2.24) is 0 Å². The first-order valence-electron chi connectivity index (χ1n) is 11.9. The Bertz CT molecular complexity index is 1720. The number of rotatable bonds is 4. The number of hydrogen-bond donors (Lipinski definition) is 0. The SMILES string of the molecule is Cc1ccc(S(=O)(=O)N2c3c(oc4ccccc34)C(c3cccc(C)c3)=CC2c2ccccc2)cc1. The molecule has 4 aromatic carbocycles. The molecule has 4 nitrogen and oxygen atoms in total. The standard InChI is InChI=1S/C31H25NO3S/c1-21-15-17-25(18-16-21)36(33,34)32-28(23-10-4-3-5-11-23)20-27(24-12-8-9-22(2)19-24)31-30(32)26-13-6-7-14-29(26)35-31/h3-20,28H,1-2H3. The molecule has 5 heteroatoms. The van der Waals surface area contributed by atoms with Crippen LogP contribution in [0.2, 0.25) is 0 Å². The lowest BCUT2D eigenvalue weighted by atomic mass is 9.92. The van der Waals surface area contributed by atoms with E-state index in [1.807, 2.05) is 91.9 Å². The second-order valence-corrected chi connectivity index (χ2v) is 11.0. The Morgan fingerprint density at radius 1 is 0.750 bits per heavy atom. The van der Waals surface area contributed by atoms with E-state index in [1.54, 1.807) is 12.1 Å². The van der Waals surface area contributed by atoms with Gasteiger partial charge in [0.1, 0.15) is 11.3 Å². The molecule has 0 N–H and O–H groups in total. The van der Waals surface area contributed by atoms with E-state index in [1.165, 1.54) is 4.31 Å². The first kappa shape index (κ1) is 22.4. The van der Waals surface area contributed by atoms with Crippen molar-refractivity contribution in [2.75, 3.05) is 4.31 Å². The Morgan fingerprint density at radius 3 is 2.22 bits per heavy atom. The molecule has 1 atom stereocenters. The molecule has 0 saturated carbocycles. The summed E-state index contributed by atoms with van der Waals surface area (Å²) in [5, 5.41) is 0.766. The fraction of sp³-hybridized carbons (Fsp3) is 0.0968. The van der Waals surface area contributed by atoms with E-state index in [-0.39, 0.29) is 4.90 Å². The van der Waals surface area contributed by atoms with Crippen LogP contribution in [0.25, 0.3) is 16.5 Å². The summed E-state index contributed by atoms with van der Waals surface area (Å²) in [6, 6.07) is 32.1. The summed E-state index contributed by atoms with van der Waals surface area (Å²) in [6.45, 7) is 4.00. The molecule has 5 aromatic rings. The van der Waals surface area contributed by atoms with E-state index in [9.17, 15) is 8.42 Å². The van der Waals surface area contributed by atoms with Gasteiger partial charge in [-0.1, -0.05) is 90.0 Å². The Hall–Kier alpha value is -4.09. The lowest BCUT2D eigenvalue weighted by Crippen LogP contribution is -2.36. The van der Waals surface area contributed by atoms with Crippen LogP contribution < -0.4 is 4.31 Å². The summed E-state index contributed by atoms with van der Waals surface area (Å²) in [4.78, 5) is 0.248. The number of fused-ring (bicyclic) bond motifs is 3. The van der Waals surface area contributed by atoms with E-state index in [0.29, 0.717) is 17.0 Å². The van der Waals surface area contributed by atoms with Crippen molar-refractivity contribution < 1.29 is 12.8 Å². The fourth-order valence-corrected chi connectivity index (χ4v) is 6.50. The number of benzene rings is 4. The van der Waals surface area contributed by atoms with Gasteiger partial charge in [0.25, 0.3) is 10.0 Å². The zero-order valence-corrected chi connectivity index (χ0v) is 20.9. The third kappa shape index (κ3) is 3.64. The van der Waals surface area contributed by atoms with Crippen molar-refractivity contribution >= 4 is 32.3 Å². The summed E-state index contributed by atoms with van der Waals surface area (Å²) in [5.41, 5.74) is 6.10. The van der Waals surface area contributed by atoms with Crippen LogP contribution >= 0.6 is 0 Å². The van der Waals surface area contributed by atoms with Crippen molar-refractivity contribution in [2.24, 2.45) is 0 Å². The van der Waals surface area contributed by atoms with Gasteiger partial charge >= 0.3 is 0 Å². The summed E-state index contributed by atoms with van der Waals surface area (Å²) in [6.07, 6.45) is 2.01. The predicted octanol–water partition coefficient (Wildman–Crippen LogP) is 7.43. The van der Waals surface area contributed by atoms with Crippen LogP contribution in [0.4, 0.5) is 5.69 Å². The molecule has 0 bridgehead atoms. The molecule has 1 aromatic heterocycles. The van der Waals surface area contributed by atoms with Crippen LogP contribution in [0, 0.1) is 13.8 Å². The summed E-state index contributed by atoms with van der Waals surface area (Å²) in [5.74, 6) is 0.560. The number of furan rings is 1.